The quantitative estimate of drug-likeness (QED) is 0.467. The molecule has 3 rings (SSSR count). The summed E-state index contributed by atoms with van der Waals surface area (Å²) in [5.74, 6) is -0.672. The number of benzene rings is 2. The fourth-order valence-corrected chi connectivity index (χ4v) is 3.64. The average molecular weight is 413 g/mol. The third-order valence-corrected chi connectivity index (χ3v) is 5.37. The van der Waals surface area contributed by atoms with Crippen LogP contribution in [0.15, 0.2) is 18.2 Å². The van der Waals surface area contributed by atoms with Crippen LogP contribution in [0.25, 0.3) is 10.8 Å². The standard InChI is InChI=1S/C19H21ClO8/c1-7-12(8(2)22)16(24)13-9(14(7)20)4-3-5-10(13)27-19-18(26)17(25)15(23)11(6-21)28-19/h3-5,11,15,17-19,21,23-26H,6H2,1-2H3. The van der Waals surface area contributed by atoms with Crippen LogP contribution in [0.5, 0.6) is 11.5 Å². The summed E-state index contributed by atoms with van der Waals surface area (Å²) in [5.41, 5.74) is 0.464. The molecule has 2 aromatic rings. The number of aliphatic hydroxyl groups is 4. The number of phenolic OH excluding ortho intramolecular Hbond substituents is 1. The van der Waals surface area contributed by atoms with E-state index in [4.69, 9.17) is 21.1 Å². The molecule has 0 amide bonds. The highest BCUT2D eigenvalue weighted by Gasteiger charge is 2.45. The molecular formula is C19H21ClO8. The first-order chi connectivity index (χ1) is 13.2. The number of halogens is 1. The van der Waals surface area contributed by atoms with Crippen molar-refractivity contribution in [1.29, 1.82) is 0 Å². The SMILES string of the molecule is CC(=O)c1c(C)c(Cl)c2cccc(OC3OC(CO)C(O)C(O)C3O)c2c1O. The van der Waals surface area contributed by atoms with Crippen LogP contribution in [-0.4, -0.2) is 68.6 Å². The van der Waals surface area contributed by atoms with E-state index >= 15 is 0 Å². The van der Waals surface area contributed by atoms with Crippen LogP contribution in [0, 0.1) is 6.92 Å². The number of carbonyl (C=O) groups is 1. The Morgan fingerprint density at radius 1 is 1.21 bits per heavy atom. The van der Waals surface area contributed by atoms with E-state index in [0.717, 1.165) is 0 Å². The van der Waals surface area contributed by atoms with Gasteiger partial charge in [0.05, 0.1) is 22.6 Å². The molecular weight excluding hydrogens is 392 g/mol. The minimum Gasteiger partial charge on any atom is -0.506 e. The zero-order chi connectivity index (χ0) is 20.7. The minimum atomic E-state index is -1.62. The molecule has 1 heterocycles. The molecule has 0 spiro atoms. The lowest BCUT2D eigenvalue weighted by Gasteiger charge is -2.39. The average Bonchev–Trinajstić information content (AvgIpc) is 2.66. The summed E-state index contributed by atoms with van der Waals surface area (Å²) in [6.07, 6.45) is -7.35. The first kappa shape index (κ1) is 20.8. The summed E-state index contributed by atoms with van der Waals surface area (Å²) in [5, 5.41) is 50.8. The maximum Gasteiger partial charge on any atom is 0.229 e. The number of carbonyl (C=O) groups excluding carboxylic acids is 1. The van der Waals surface area contributed by atoms with Crippen molar-refractivity contribution in [3.05, 3.63) is 34.3 Å². The summed E-state index contributed by atoms with van der Waals surface area (Å²) >= 11 is 6.37. The van der Waals surface area contributed by atoms with Crippen molar-refractivity contribution >= 4 is 28.2 Å². The van der Waals surface area contributed by atoms with E-state index in [1.54, 1.807) is 19.1 Å². The molecule has 1 saturated heterocycles. The number of rotatable bonds is 4. The number of aliphatic hydroxyl groups excluding tert-OH is 4. The monoisotopic (exact) mass is 412 g/mol. The molecule has 0 aromatic heterocycles. The van der Waals surface area contributed by atoms with Gasteiger partial charge in [0.15, 0.2) is 5.78 Å². The van der Waals surface area contributed by atoms with Crippen LogP contribution in [0.1, 0.15) is 22.8 Å². The predicted octanol–water partition coefficient (Wildman–Crippen LogP) is 0.889. The van der Waals surface area contributed by atoms with Crippen LogP contribution in [0.2, 0.25) is 5.02 Å². The fraction of sp³-hybridized carbons (Fsp3) is 0.421. The van der Waals surface area contributed by atoms with Gasteiger partial charge in [-0.1, -0.05) is 23.7 Å². The van der Waals surface area contributed by atoms with Gasteiger partial charge in [0.2, 0.25) is 6.29 Å². The Morgan fingerprint density at radius 2 is 1.89 bits per heavy atom. The van der Waals surface area contributed by atoms with Crippen molar-refractivity contribution in [2.45, 2.75) is 44.6 Å². The molecule has 9 heteroatoms. The number of ether oxygens (including phenoxy) is 2. The molecule has 5 atom stereocenters. The van der Waals surface area contributed by atoms with Gasteiger partial charge in [-0.3, -0.25) is 4.79 Å². The summed E-state index contributed by atoms with van der Waals surface area (Å²) in [7, 11) is 0. The molecule has 0 saturated carbocycles. The maximum atomic E-state index is 12.0. The van der Waals surface area contributed by atoms with Crippen LogP contribution in [0.3, 0.4) is 0 Å². The first-order valence-electron chi connectivity index (χ1n) is 8.60. The highest BCUT2D eigenvalue weighted by atomic mass is 35.5. The summed E-state index contributed by atoms with van der Waals surface area (Å²) in [6, 6.07) is 4.70. The van der Waals surface area contributed by atoms with Crippen LogP contribution >= 0.6 is 11.6 Å². The van der Waals surface area contributed by atoms with Crippen LogP contribution < -0.4 is 4.74 Å². The topological polar surface area (TPSA) is 137 Å². The Morgan fingerprint density at radius 3 is 2.50 bits per heavy atom. The van der Waals surface area contributed by atoms with Crippen LogP contribution in [-0.2, 0) is 4.74 Å². The lowest BCUT2D eigenvalue weighted by Crippen LogP contribution is -2.60. The molecule has 1 fully saturated rings. The second-order valence-corrected chi connectivity index (χ2v) is 7.09. The second-order valence-electron chi connectivity index (χ2n) is 6.71. The molecule has 5 N–H and O–H groups in total. The molecule has 28 heavy (non-hydrogen) atoms. The van der Waals surface area contributed by atoms with Crippen LogP contribution in [0.4, 0.5) is 0 Å². The number of Topliss-reactive ketones (excluding diaryl/α,β-unsaturated/α-hetero) is 1. The maximum absolute atomic E-state index is 12.0. The van der Waals surface area contributed by atoms with Gasteiger partial charge in [0, 0.05) is 5.39 Å². The zero-order valence-electron chi connectivity index (χ0n) is 15.2. The van der Waals surface area contributed by atoms with E-state index in [0.29, 0.717) is 10.9 Å². The van der Waals surface area contributed by atoms with Gasteiger partial charge in [0.1, 0.15) is 35.9 Å². The minimum absolute atomic E-state index is 0.0438. The van der Waals surface area contributed by atoms with Crippen molar-refractivity contribution in [2.24, 2.45) is 0 Å². The molecule has 8 nitrogen and oxygen atoms in total. The first-order valence-corrected chi connectivity index (χ1v) is 8.98. The molecule has 1 aliphatic rings. The molecule has 0 bridgehead atoms. The number of phenols is 1. The molecule has 2 aromatic carbocycles. The normalized spacial score (nSPS) is 27.8. The smallest absolute Gasteiger partial charge is 0.229 e. The van der Waals surface area contributed by atoms with Gasteiger partial charge in [0.25, 0.3) is 0 Å². The molecule has 0 radical (unpaired) electrons. The summed E-state index contributed by atoms with van der Waals surface area (Å²) < 4.78 is 11.0. The molecule has 0 aliphatic carbocycles. The molecule has 5 unspecified atom stereocenters. The second kappa shape index (κ2) is 7.82. The third kappa shape index (κ3) is 3.32. The fourth-order valence-electron chi connectivity index (χ4n) is 3.39. The Hall–Kier alpha value is -1.94. The van der Waals surface area contributed by atoms with Crippen molar-refractivity contribution in [1.82, 2.24) is 0 Å². The number of hydrogen-bond donors (Lipinski definition) is 5. The van der Waals surface area contributed by atoms with E-state index in [1.165, 1.54) is 13.0 Å². The largest absolute Gasteiger partial charge is 0.506 e. The predicted molar refractivity (Wildman–Crippen MR) is 99.8 cm³/mol. The third-order valence-electron chi connectivity index (χ3n) is 4.88. The van der Waals surface area contributed by atoms with Gasteiger partial charge in [-0.2, -0.15) is 0 Å². The van der Waals surface area contributed by atoms with Gasteiger partial charge >= 0.3 is 0 Å². The van der Waals surface area contributed by atoms with E-state index in [9.17, 15) is 30.3 Å². The number of aromatic hydroxyl groups is 1. The van der Waals surface area contributed by atoms with Gasteiger partial charge in [-0.25, -0.2) is 0 Å². The van der Waals surface area contributed by atoms with E-state index in [-0.39, 0.29) is 33.3 Å². The van der Waals surface area contributed by atoms with E-state index in [2.05, 4.69) is 0 Å². The van der Waals surface area contributed by atoms with Gasteiger partial charge in [-0.15, -0.1) is 0 Å². The van der Waals surface area contributed by atoms with Gasteiger partial charge < -0.3 is 35.0 Å². The van der Waals surface area contributed by atoms with Gasteiger partial charge in [-0.05, 0) is 25.5 Å². The highest BCUT2D eigenvalue weighted by Crippen LogP contribution is 2.43. The summed E-state index contributed by atoms with van der Waals surface area (Å²) in [6.45, 7) is 2.31. The van der Waals surface area contributed by atoms with Crippen molar-refractivity contribution in [3.8, 4) is 11.5 Å². The molecule has 152 valence electrons. The Balaban J connectivity index is 2.10. The van der Waals surface area contributed by atoms with Crippen molar-refractivity contribution < 1.29 is 39.8 Å². The Labute approximate surface area is 165 Å². The summed E-state index contributed by atoms with van der Waals surface area (Å²) in [4.78, 5) is 12.0. The van der Waals surface area contributed by atoms with Crippen molar-refractivity contribution in [3.63, 3.8) is 0 Å². The van der Waals surface area contributed by atoms with Crippen molar-refractivity contribution in [2.75, 3.05) is 6.61 Å². The Kier molecular flexibility index (Phi) is 5.81. The number of fused-ring (bicyclic) bond motifs is 1. The lowest BCUT2D eigenvalue weighted by molar-refractivity contribution is -0.277. The van der Waals surface area contributed by atoms with E-state index in [1.807, 2.05) is 0 Å². The number of ketones is 1. The zero-order valence-corrected chi connectivity index (χ0v) is 15.9. The number of hydrogen-bond acceptors (Lipinski definition) is 8. The molecule has 1 aliphatic heterocycles. The Bertz CT molecular complexity index is 913. The highest BCUT2D eigenvalue weighted by molar-refractivity contribution is 6.37. The van der Waals surface area contributed by atoms with E-state index < -0.39 is 37.3 Å². The lowest BCUT2D eigenvalue weighted by atomic mass is 9.97.